The van der Waals surface area contributed by atoms with Crippen LogP contribution < -0.4 is 20.3 Å². The lowest BCUT2D eigenvalue weighted by Gasteiger charge is -2.11. The molecule has 184 valence electrons. The zero-order valence-electron chi connectivity index (χ0n) is 19.8. The van der Waals surface area contributed by atoms with Crippen LogP contribution >= 0.6 is 0 Å². The van der Waals surface area contributed by atoms with Crippen LogP contribution in [0.4, 0.5) is 0 Å². The minimum absolute atomic E-state index is 0.0426. The second kappa shape index (κ2) is 11.1. The van der Waals surface area contributed by atoms with Gasteiger partial charge in [0.25, 0.3) is 5.91 Å². The van der Waals surface area contributed by atoms with Crippen molar-refractivity contribution in [1.29, 1.82) is 0 Å². The minimum Gasteiger partial charge on any atom is -0.487 e. The quantitative estimate of drug-likeness (QED) is 0.205. The van der Waals surface area contributed by atoms with Crippen molar-refractivity contribution >= 4 is 28.7 Å². The number of carbonyl (C=O) groups is 3. The number of hydrogen-bond acceptors (Lipinski definition) is 6. The van der Waals surface area contributed by atoms with E-state index >= 15 is 0 Å². The molecule has 1 aromatic heterocycles. The second-order valence-corrected chi connectivity index (χ2v) is 7.89. The lowest BCUT2D eigenvalue weighted by atomic mass is 10.2. The SMILES string of the molecule is CCOC(=O)C(=O)NNC(=O)c1cc2cc(Oc3ccc(C)cc3)cc(OCc3ccccc3)c2[nH]1. The van der Waals surface area contributed by atoms with E-state index in [1.54, 1.807) is 25.1 Å². The van der Waals surface area contributed by atoms with Gasteiger partial charge in [0.2, 0.25) is 0 Å². The van der Waals surface area contributed by atoms with Crippen LogP contribution in [0.1, 0.15) is 28.5 Å². The summed E-state index contributed by atoms with van der Waals surface area (Å²) in [5, 5.41) is 0.657. The Morgan fingerprint density at radius 1 is 0.889 bits per heavy atom. The maximum atomic E-state index is 12.6. The van der Waals surface area contributed by atoms with E-state index in [0.29, 0.717) is 34.8 Å². The van der Waals surface area contributed by atoms with Gasteiger partial charge in [-0.2, -0.15) is 0 Å². The van der Waals surface area contributed by atoms with E-state index in [-0.39, 0.29) is 12.3 Å². The van der Waals surface area contributed by atoms with E-state index in [1.165, 1.54) is 0 Å². The molecule has 0 aliphatic heterocycles. The van der Waals surface area contributed by atoms with Gasteiger partial charge in [0.1, 0.15) is 29.5 Å². The van der Waals surface area contributed by atoms with Gasteiger partial charge in [-0.25, -0.2) is 4.79 Å². The number of esters is 1. The summed E-state index contributed by atoms with van der Waals surface area (Å²) in [6.45, 7) is 3.91. The molecule has 0 aliphatic rings. The summed E-state index contributed by atoms with van der Waals surface area (Å²) >= 11 is 0. The number of nitrogens with one attached hydrogen (secondary N) is 3. The fourth-order valence-electron chi connectivity index (χ4n) is 3.39. The molecule has 0 bridgehead atoms. The maximum absolute atomic E-state index is 12.6. The third-order valence-corrected chi connectivity index (χ3v) is 5.15. The summed E-state index contributed by atoms with van der Waals surface area (Å²) in [5.41, 5.74) is 7.03. The number of aromatic amines is 1. The average Bonchev–Trinajstić information content (AvgIpc) is 3.32. The molecular formula is C27H25N3O6. The molecule has 4 rings (SSSR count). The van der Waals surface area contributed by atoms with Crippen LogP contribution in [0.25, 0.3) is 10.9 Å². The number of aromatic nitrogens is 1. The predicted molar refractivity (Wildman–Crippen MR) is 133 cm³/mol. The largest absolute Gasteiger partial charge is 0.487 e. The number of H-pyrrole nitrogens is 1. The predicted octanol–water partition coefficient (Wildman–Crippen LogP) is 4.17. The van der Waals surface area contributed by atoms with Crippen molar-refractivity contribution in [2.45, 2.75) is 20.5 Å². The molecule has 9 nitrogen and oxygen atoms in total. The summed E-state index contributed by atoms with van der Waals surface area (Å²) < 4.78 is 16.7. The van der Waals surface area contributed by atoms with Crippen LogP contribution in [0.3, 0.4) is 0 Å². The number of hydrogen-bond donors (Lipinski definition) is 3. The number of ether oxygens (including phenoxy) is 3. The molecule has 2 amide bonds. The van der Waals surface area contributed by atoms with E-state index in [4.69, 9.17) is 9.47 Å². The Hall–Kier alpha value is -4.79. The first kappa shape index (κ1) is 24.3. The van der Waals surface area contributed by atoms with Crippen molar-refractivity contribution in [2.75, 3.05) is 6.61 Å². The summed E-state index contributed by atoms with van der Waals surface area (Å²) in [6, 6.07) is 22.4. The summed E-state index contributed by atoms with van der Waals surface area (Å²) in [7, 11) is 0. The molecule has 0 radical (unpaired) electrons. The van der Waals surface area contributed by atoms with Crippen LogP contribution in [0.15, 0.2) is 72.8 Å². The first-order valence-electron chi connectivity index (χ1n) is 11.3. The van der Waals surface area contributed by atoms with Crippen LogP contribution in [0.5, 0.6) is 17.2 Å². The Bertz CT molecular complexity index is 1380. The van der Waals surface area contributed by atoms with Gasteiger partial charge in [0, 0.05) is 11.5 Å². The van der Waals surface area contributed by atoms with E-state index in [0.717, 1.165) is 11.1 Å². The zero-order valence-corrected chi connectivity index (χ0v) is 19.8. The number of benzene rings is 3. The number of carbonyl (C=O) groups excluding carboxylic acids is 3. The molecule has 36 heavy (non-hydrogen) atoms. The number of amides is 2. The number of rotatable bonds is 7. The standard InChI is InChI=1S/C27H25N3O6/c1-3-34-27(33)26(32)30-29-25(31)22-14-19-13-21(36-20-11-9-17(2)10-12-20)15-23(24(19)28-22)35-16-18-7-5-4-6-8-18/h4-15,28H,3,16H2,1-2H3,(H,29,31)(H,30,32). The molecule has 0 aliphatic carbocycles. The maximum Gasteiger partial charge on any atom is 0.398 e. The van der Waals surface area contributed by atoms with Gasteiger partial charge in [0.15, 0.2) is 0 Å². The Balaban J connectivity index is 1.59. The van der Waals surface area contributed by atoms with E-state index in [1.807, 2.05) is 66.9 Å². The topological polar surface area (TPSA) is 119 Å². The second-order valence-electron chi connectivity index (χ2n) is 7.89. The van der Waals surface area contributed by atoms with Crippen molar-refractivity contribution in [3.8, 4) is 17.2 Å². The van der Waals surface area contributed by atoms with E-state index in [2.05, 4.69) is 15.1 Å². The zero-order chi connectivity index (χ0) is 25.5. The molecule has 0 atom stereocenters. The molecule has 3 N–H and O–H groups in total. The van der Waals surface area contributed by atoms with Crippen LogP contribution in [-0.4, -0.2) is 29.4 Å². The highest BCUT2D eigenvalue weighted by Crippen LogP contribution is 2.34. The molecule has 1 heterocycles. The highest BCUT2D eigenvalue weighted by atomic mass is 16.5. The van der Waals surface area contributed by atoms with Gasteiger partial charge >= 0.3 is 11.9 Å². The molecule has 0 saturated heterocycles. The highest BCUT2D eigenvalue weighted by Gasteiger charge is 2.18. The number of hydrazine groups is 1. The summed E-state index contributed by atoms with van der Waals surface area (Å²) in [6.07, 6.45) is 0. The molecule has 4 aromatic rings. The first-order chi connectivity index (χ1) is 17.4. The Morgan fingerprint density at radius 3 is 2.36 bits per heavy atom. The van der Waals surface area contributed by atoms with Crippen molar-refractivity contribution in [2.24, 2.45) is 0 Å². The molecule has 0 spiro atoms. The third-order valence-electron chi connectivity index (χ3n) is 5.15. The fourth-order valence-corrected chi connectivity index (χ4v) is 3.39. The van der Waals surface area contributed by atoms with Gasteiger partial charge in [-0.3, -0.25) is 20.4 Å². The molecule has 0 unspecified atom stereocenters. The van der Waals surface area contributed by atoms with Gasteiger partial charge in [0.05, 0.1) is 12.1 Å². The van der Waals surface area contributed by atoms with Gasteiger partial charge in [-0.05, 0) is 43.7 Å². The third kappa shape index (κ3) is 6.01. The first-order valence-corrected chi connectivity index (χ1v) is 11.3. The minimum atomic E-state index is -1.09. The Kier molecular flexibility index (Phi) is 7.50. The molecular weight excluding hydrogens is 462 g/mol. The van der Waals surface area contributed by atoms with Gasteiger partial charge < -0.3 is 19.2 Å². The van der Waals surface area contributed by atoms with Crippen LogP contribution in [0, 0.1) is 6.92 Å². The van der Waals surface area contributed by atoms with Gasteiger partial charge in [-0.1, -0.05) is 48.0 Å². The van der Waals surface area contributed by atoms with Crippen molar-refractivity contribution < 1.29 is 28.6 Å². The normalized spacial score (nSPS) is 10.5. The lowest BCUT2D eigenvalue weighted by molar-refractivity contribution is -0.154. The van der Waals surface area contributed by atoms with Crippen molar-refractivity contribution in [3.05, 3.63) is 89.6 Å². The average molecular weight is 488 g/mol. The van der Waals surface area contributed by atoms with Crippen LogP contribution in [0.2, 0.25) is 0 Å². The lowest BCUT2D eigenvalue weighted by Crippen LogP contribution is -2.45. The highest BCUT2D eigenvalue weighted by molar-refractivity contribution is 6.32. The summed E-state index contributed by atoms with van der Waals surface area (Å²) in [4.78, 5) is 38.8. The molecule has 9 heteroatoms. The van der Waals surface area contributed by atoms with Crippen LogP contribution in [-0.2, 0) is 20.9 Å². The number of aryl methyl sites for hydroxylation is 1. The van der Waals surface area contributed by atoms with Gasteiger partial charge in [-0.15, -0.1) is 0 Å². The fraction of sp³-hybridized carbons (Fsp3) is 0.148. The smallest absolute Gasteiger partial charge is 0.398 e. The molecule has 3 aromatic carbocycles. The Labute approximate surface area is 207 Å². The van der Waals surface area contributed by atoms with E-state index < -0.39 is 17.8 Å². The van der Waals surface area contributed by atoms with Crippen molar-refractivity contribution in [1.82, 2.24) is 15.8 Å². The Morgan fingerprint density at radius 2 is 1.64 bits per heavy atom. The van der Waals surface area contributed by atoms with Crippen molar-refractivity contribution in [3.63, 3.8) is 0 Å². The molecule has 0 saturated carbocycles. The number of fused-ring (bicyclic) bond motifs is 1. The summed E-state index contributed by atoms with van der Waals surface area (Å²) in [5.74, 6) is -1.17. The monoisotopic (exact) mass is 487 g/mol. The molecule has 0 fully saturated rings. The van der Waals surface area contributed by atoms with E-state index in [9.17, 15) is 14.4 Å².